The van der Waals surface area contributed by atoms with Crippen molar-refractivity contribution in [2.45, 2.75) is 72.0 Å². The van der Waals surface area contributed by atoms with Gasteiger partial charge < -0.3 is 14.6 Å². The minimum Gasteiger partial charge on any atom is -0.467 e. The third kappa shape index (κ3) is 6.41. The summed E-state index contributed by atoms with van der Waals surface area (Å²) in [5.74, 6) is 1.62. The molecule has 0 aliphatic rings. The largest absolute Gasteiger partial charge is 0.467 e. The Morgan fingerprint density at radius 1 is 0.884 bits per heavy atom. The number of carbonyl (C=O) groups is 1. The molecular weight excluding hydrogens is 536 g/mol. The molecule has 7 heteroatoms. The van der Waals surface area contributed by atoms with E-state index in [1.165, 1.54) is 0 Å². The summed E-state index contributed by atoms with van der Waals surface area (Å²) in [6.45, 7) is 11.1. The van der Waals surface area contributed by atoms with Crippen molar-refractivity contribution < 1.29 is 9.21 Å². The van der Waals surface area contributed by atoms with E-state index in [2.05, 4.69) is 51.2 Å². The van der Waals surface area contributed by atoms with Crippen LogP contribution in [0.25, 0.3) is 10.9 Å². The maximum atomic E-state index is 14.4. The third-order valence-electron chi connectivity index (χ3n) is 7.91. The van der Waals surface area contributed by atoms with Crippen LogP contribution in [-0.4, -0.2) is 20.5 Å². The van der Waals surface area contributed by atoms with E-state index in [1.54, 1.807) is 21.8 Å². The van der Waals surface area contributed by atoms with Gasteiger partial charge in [0, 0.05) is 5.69 Å². The number of rotatable bonds is 10. The number of urea groups is 1. The molecule has 0 radical (unpaired) electrons. The first-order valence-electron chi connectivity index (χ1n) is 15.0. The van der Waals surface area contributed by atoms with Crippen molar-refractivity contribution in [2.75, 3.05) is 5.32 Å². The predicted molar refractivity (Wildman–Crippen MR) is 172 cm³/mol. The van der Waals surface area contributed by atoms with Gasteiger partial charge in [0.05, 0.1) is 36.3 Å². The Balaban J connectivity index is 1.65. The lowest BCUT2D eigenvalue weighted by Gasteiger charge is -2.33. The second-order valence-corrected chi connectivity index (χ2v) is 11.5. The van der Waals surface area contributed by atoms with Crippen LogP contribution in [0.3, 0.4) is 0 Å². The highest BCUT2D eigenvalue weighted by atomic mass is 16.3. The molecule has 0 saturated carbocycles. The van der Waals surface area contributed by atoms with Gasteiger partial charge in [0.15, 0.2) is 0 Å². The first-order chi connectivity index (χ1) is 20.8. The molecule has 222 valence electrons. The van der Waals surface area contributed by atoms with E-state index in [0.29, 0.717) is 35.5 Å². The highest BCUT2D eigenvalue weighted by molar-refractivity contribution is 5.91. The van der Waals surface area contributed by atoms with Crippen LogP contribution in [0.15, 0.2) is 100 Å². The van der Waals surface area contributed by atoms with Crippen LogP contribution >= 0.6 is 0 Å². The van der Waals surface area contributed by atoms with Crippen molar-refractivity contribution in [1.82, 2.24) is 14.5 Å². The number of furan rings is 1. The lowest BCUT2D eigenvalue weighted by molar-refractivity contribution is 0.169. The highest BCUT2D eigenvalue weighted by Crippen LogP contribution is 2.34. The first-order valence-corrected chi connectivity index (χ1v) is 15.0. The molecular formula is C36H40N4O3. The van der Waals surface area contributed by atoms with Gasteiger partial charge in [-0.1, -0.05) is 95.3 Å². The fourth-order valence-electron chi connectivity index (χ4n) is 5.67. The van der Waals surface area contributed by atoms with E-state index in [9.17, 15) is 9.59 Å². The zero-order valence-electron chi connectivity index (χ0n) is 25.6. The van der Waals surface area contributed by atoms with Crippen LogP contribution < -0.4 is 10.9 Å². The highest BCUT2D eigenvalue weighted by Gasteiger charge is 2.31. The monoisotopic (exact) mass is 576 g/mol. The normalized spacial score (nSPS) is 12.2. The molecule has 2 amide bonds. The van der Waals surface area contributed by atoms with Gasteiger partial charge in [-0.2, -0.15) is 0 Å². The Hall–Kier alpha value is -4.65. The summed E-state index contributed by atoms with van der Waals surface area (Å²) in [5, 5.41) is 3.84. The molecule has 1 atom stereocenters. The number of para-hydroxylation sites is 2. The van der Waals surface area contributed by atoms with E-state index >= 15 is 0 Å². The van der Waals surface area contributed by atoms with Crippen LogP contribution in [-0.2, 0) is 13.1 Å². The topological polar surface area (TPSA) is 80.4 Å². The summed E-state index contributed by atoms with van der Waals surface area (Å²) in [4.78, 5) is 35.2. The molecule has 0 spiro atoms. The summed E-state index contributed by atoms with van der Waals surface area (Å²) in [6.07, 6.45) is 2.15. The maximum absolute atomic E-state index is 14.4. The minimum atomic E-state index is -0.514. The Bertz CT molecular complexity index is 1710. The van der Waals surface area contributed by atoms with Gasteiger partial charge >= 0.3 is 6.03 Å². The van der Waals surface area contributed by atoms with Crippen LogP contribution in [0, 0.1) is 0 Å². The fraction of sp³-hybridized carbons (Fsp3) is 0.306. The molecule has 43 heavy (non-hydrogen) atoms. The molecule has 0 aliphatic carbocycles. The van der Waals surface area contributed by atoms with Gasteiger partial charge in [-0.05, 0) is 59.2 Å². The number of hydrogen-bond donors (Lipinski definition) is 1. The molecule has 2 aromatic heterocycles. The zero-order chi connectivity index (χ0) is 30.5. The van der Waals surface area contributed by atoms with Crippen molar-refractivity contribution in [3.05, 3.63) is 130 Å². The number of carbonyl (C=O) groups excluding carboxylic acids is 1. The van der Waals surface area contributed by atoms with E-state index in [0.717, 1.165) is 22.4 Å². The number of nitrogens with zero attached hydrogens (tertiary/aromatic N) is 3. The summed E-state index contributed by atoms with van der Waals surface area (Å²) < 4.78 is 7.45. The smallest absolute Gasteiger partial charge is 0.322 e. The van der Waals surface area contributed by atoms with Crippen molar-refractivity contribution >= 4 is 22.6 Å². The van der Waals surface area contributed by atoms with Crippen LogP contribution in [0.4, 0.5) is 10.5 Å². The van der Waals surface area contributed by atoms with Gasteiger partial charge in [-0.15, -0.1) is 0 Å². The molecule has 0 aliphatic heterocycles. The van der Waals surface area contributed by atoms with Crippen molar-refractivity contribution in [1.29, 1.82) is 0 Å². The molecule has 5 rings (SSSR count). The minimum absolute atomic E-state index is 0.131. The molecule has 2 heterocycles. The summed E-state index contributed by atoms with van der Waals surface area (Å²) in [5.41, 5.74) is 4.45. The van der Waals surface area contributed by atoms with Gasteiger partial charge in [0.2, 0.25) is 0 Å². The Morgan fingerprint density at radius 2 is 1.56 bits per heavy atom. The summed E-state index contributed by atoms with van der Waals surface area (Å²) in [6, 6.07) is 26.3. The average Bonchev–Trinajstić information content (AvgIpc) is 3.52. The molecule has 0 fully saturated rings. The lowest BCUT2D eigenvalue weighted by Crippen LogP contribution is -2.41. The van der Waals surface area contributed by atoms with E-state index < -0.39 is 6.04 Å². The van der Waals surface area contributed by atoms with Crippen molar-refractivity contribution in [2.24, 2.45) is 0 Å². The second kappa shape index (κ2) is 13.1. The van der Waals surface area contributed by atoms with Crippen LogP contribution in [0.2, 0.25) is 0 Å². The number of amides is 2. The number of aromatic nitrogens is 2. The fourth-order valence-corrected chi connectivity index (χ4v) is 5.67. The first kappa shape index (κ1) is 29.8. The Morgan fingerprint density at radius 3 is 2.19 bits per heavy atom. The molecule has 5 aromatic rings. The molecule has 0 saturated heterocycles. The number of hydrogen-bond acceptors (Lipinski definition) is 4. The van der Waals surface area contributed by atoms with E-state index in [-0.39, 0.29) is 30.0 Å². The number of anilines is 1. The van der Waals surface area contributed by atoms with Gasteiger partial charge in [0.1, 0.15) is 11.6 Å². The predicted octanol–water partition coefficient (Wildman–Crippen LogP) is 8.47. The second-order valence-electron chi connectivity index (χ2n) is 11.5. The van der Waals surface area contributed by atoms with Crippen LogP contribution in [0.5, 0.6) is 0 Å². The Kier molecular flexibility index (Phi) is 9.10. The lowest BCUT2D eigenvalue weighted by atomic mass is 9.92. The van der Waals surface area contributed by atoms with Crippen LogP contribution in [0.1, 0.15) is 87.2 Å². The van der Waals surface area contributed by atoms with Gasteiger partial charge in [-0.25, -0.2) is 9.78 Å². The number of nitrogens with one attached hydrogen (secondary N) is 1. The molecule has 3 aromatic carbocycles. The standard InChI is InChI=1S/C36H40N4O3/c1-6-32(34-37-31-20-11-10-17-30(31)35(41)40(34)22-26-14-8-7-9-15-26)39(23-27-16-13-21-43-27)36(42)38-33-28(24(2)3)18-12-19-29(33)25(4)5/h7-21,24-25,32H,6,22-23H2,1-5H3,(H,38,42). The van der Waals surface area contributed by atoms with Crippen molar-refractivity contribution in [3.63, 3.8) is 0 Å². The molecule has 1 unspecified atom stereocenters. The number of benzene rings is 3. The summed E-state index contributed by atoms with van der Waals surface area (Å²) in [7, 11) is 0. The van der Waals surface area contributed by atoms with E-state index in [1.807, 2.05) is 67.6 Å². The number of fused-ring (bicyclic) bond motifs is 1. The molecule has 1 N–H and O–H groups in total. The van der Waals surface area contributed by atoms with Gasteiger partial charge in [0.25, 0.3) is 5.56 Å². The average molecular weight is 577 g/mol. The molecule has 7 nitrogen and oxygen atoms in total. The summed E-state index contributed by atoms with van der Waals surface area (Å²) >= 11 is 0. The van der Waals surface area contributed by atoms with Gasteiger partial charge in [-0.3, -0.25) is 9.36 Å². The maximum Gasteiger partial charge on any atom is 0.322 e. The zero-order valence-corrected chi connectivity index (χ0v) is 25.6. The quantitative estimate of drug-likeness (QED) is 0.181. The van der Waals surface area contributed by atoms with E-state index in [4.69, 9.17) is 9.40 Å². The third-order valence-corrected chi connectivity index (χ3v) is 7.91. The SMILES string of the molecule is CCC(c1nc2ccccc2c(=O)n1Cc1ccccc1)N(Cc1ccco1)C(=O)Nc1c(C(C)C)cccc1C(C)C. The molecule has 0 bridgehead atoms. The Labute approximate surface area is 253 Å². The van der Waals surface area contributed by atoms with Crippen molar-refractivity contribution in [3.8, 4) is 0 Å².